The van der Waals surface area contributed by atoms with Gasteiger partial charge in [-0.2, -0.15) is 5.10 Å². The first kappa shape index (κ1) is 12.9. The zero-order valence-corrected chi connectivity index (χ0v) is 11.0. The lowest BCUT2D eigenvalue weighted by molar-refractivity contribution is 0.379. The van der Waals surface area contributed by atoms with Gasteiger partial charge in [-0.05, 0) is 43.7 Å². The first-order chi connectivity index (χ1) is 8.76. The molecule has 0 radical (unpaired) electrons. The minimum atomic E-state index is 0.662. The van der Waals surface area contributed by atoms with Crippen molar-refractivity contribution in [1.82, 2.24) is 9.78 Å². The largest absolute Gasteiger partial charge is 0.481 e. The Bertz CT molecular complexity index is 507. The van der Waals surface area contributed by atoms with Crippen molar-refractivity contribution >= 4 is 11.6 Å². The summed E-state index contributed by atoms with van der Waals surface area (Å²) in [6, 6.07) is 7.48. The number of aryl methyl sites for hydroxylation is 1. The normalized spacial score (nSPS) is 10.6. The molecule has 0 aliphatic heterocycles. The number of aromatic nitrogens is 2. The fourth-order valence-electron chi connectivity index (χ4n) is 1.82. The van der Waals surface area contributed by atoms with Crippen LogP contribution in [0.15, 0.2) is 30.5 Å². The standard InChI is InChI=1S/C13H16ClN3O/c1-18-13-10(3-2-8-15)9-16-17(13)12-6-4-11(14)5-7-12/h4-7,9H,2-3,8,15H2,1H3. The summed E-state index contributed by atoms with van der Waals surface area (Å²) < 4.78 is 7.19. The first-order valence-corrected chi connectivity index (χ1v) is 6.21. The van der Waals surface area contributed by atoms with E-state index in [4.69, 9.17) is 22.1 Å². The molecule has 5 heteroatoms. The van der Waals surface area contributed by atoms with E-state index < -0.39 is 0 Å². The molecule has 1 heterocycles. The molecule has 0 unspecified atom stereocenters. The lowest BCUT2D eigenvalue weighted by Crippen LogP contribution is -2.03. The third kappa shape index (κ3) is 2.66. The maximum atomic E-state index is 5.87. The molecule has 0 bridgehead atoms. The van der Waals surface area contributed by atoms with E-state index in [1.165, 1.54) is 0 Å². The predicted octanol–water partition coefficient (Wildman–Crippen LogP) is 2.43. The van der Waals surface area contributed by atoms with Gasteiger partial charge in [0.2, 0.25) is 5.88 Å². The van der Waals surface area contributed by atoms with Crippen LogP contribution in [0.2, 0.25) is 5.02 Å². The van der Waals surface area contributed by atoms with Gasteiger partial charge in [0.05, 0.1) is 19.0 Å². The van der Waals surface area contributed by atoms with Gasteiger partial charge in [0.25, 0.3) is 0 Å². The van der Waals surface area contributed by atoms with Crippen molar-refractivity contribution in [2.45, 2.75) is 12.8 Å². The Morgan fingerprint density at radius 2 is 2.06 bits per heavy atom. The van der Waals surface area contributed by atoms with Gasteiger partial charge in [-0.1, -0.05) is 11.6 Å². The Labute approximate surface area is 111 Å². The van der Waals surface area contributed by atoms with E-state index in [1.54, 1.807) is 11.8 Å². The Balaban J connectivity index is 2.33. The average molecular weight is 266 g/mol. The topological polar surface area (TPSA) is 53.1 Å². The van der Waals surface area contributed by atoms with E-state index in [-0.39, 0.29) is 0 Å². The second-order valence-corrected chi connectivity index (χ2v) is 4.40. The minimum Gasteiger partial charge on any atom is -0.481 e. The third-order valence-corrected chi connectivity index (χ3v) is 2.96. The van der Waals surface area contributed by atoms with Gasteiger partial charge in [-0.15, -0.1) is 0 Å². The van der Waals surface area contributed by atoms with E-state index in [0.717, 1.165) is 30.0 Å². The van der Waals surface area contributed by atoms with Crippen molar-refractivity contribution in [3.63, 3.8) is 0 Å². The van der Waals surface area contributed by atoms with E-state index in [0.29, 0.717) is 11.6 Å². The van der Waals surface area contributed by atoms with Crippen LogP contribution in [0.5, 0.6) is 5.88 Å². The highest BCUT2D eigenvalue weighted by atomic mass is 35.5. The number of nitrogens with zero attached hydrogens (tertiary/aromatic N) is 2. The summed E-state index contributed by atoms with van der Waals surface area (Å²) in [5.41, 5.74) is 7.51. The number of halogens is 1. The molecule has 2 rings (SSSR count). The van der Waals surface area contributed by atoms with Crippen molar-refractivity contribution in [1.29, 1.82) is 0 Å². The molecule has 0 aliphatic rings. The molecule has 18 heavy (non-hydrogen) atoms. The van der Waals surface area contributed by atoms with Crippen molar-refractivity contribution in [3.8, 4) is 11.6 Å². The molecule has 1 aromatic carbocycles. The molecule has 0 spiro atoms. The number of rotatable bonds is 5. The molecule has 0 fully saturated rings. The molecule has 2 aromatic rings. The van der Waals surface area contributed by atoms with Crippen LogP contribution in [0, 0.1) is 0 Å². The van der Waals surface area contributed by atoms with Gasteiger partial charge in [0.1, 0.15) is 0 Å². The quantitative estimate of drug-likeness (QED) is 0.903. The number of hydrogen-bond donors (Lipinski definition) is 1. The molecule has 0 saturated heterocycles. The van der Waals surface area contributed by atoms with Crippen LogP contribution in [0.3, 0.4) is 0 Å². The first-order valence-electron chi connectivity index (χ1n) is 5.83. The van der Waals surface area contributed by atoms with E-state index in [1.807, 2.05) is 30.5 Å². The smallest absolute Gasteiger partial charge is 0.219 e. The highest BCUT2D eigenvalue weighted by Gasteiger charge is 2.12. The van der Waals surface area contributed by atoms with Gasteiger partial charge in [0, 0.05) is 10.6 Å². The SMILES string of the molecule is COc1c(CCCN)cnn1-c1ccc(Cl)cc1. The summed E-state index contributed by atoms with van der Waals surface area (Å²) in [7, 11) is 1.65. The number of methoxy groups -OCH3 is 1. The second kappa shape index (κ2) is 5.89. The monoisotopic (exact) mass is 265 g/mol. The number of hydrogen-bond acceptors (Lipinski definition) is 3. The van der Waals surface area contributed by atoms with Crippen molar-refractivity contribution < 1.29 is 4.74 Å². The summed E-state index contributed by atoms with van der Waals surface area (Å²) in [6.07, 6.45) is 3.61. The van der Waals surface area contributed by atoms with E-state index in [2.05, 4.69) is 5.10 Å². The highest BCUT2D eigenvalue weighted by Crippen LogP contribution is 2.24. The number of ether oxygens (including phenoxy) is 1. The Kier molecular flexibility index (Phi) is 4.23. The molecular weight excluding hydrogens is 250 g/mol. The molecule has 1 aromatic heterocycles. The van der Waals surface area contributed by atoms with Gasteiger partial charge in [-0.3, -0.25) is 0 Å². The van der Waals surface area contributed by atoms with Crippen LogP contribution < -0.4 is 10.5 Å². The summed E-state index contributed by atoms with van der Waals surface area (Å²) in [5.74, 6) is 0.755. The highest BCUT2D eigenvalue weighted by molar-refractivity contribution is 6.30. The fourth-order valence-corrected chi connectivity index (χ4v) is 1.94. The molecule has 0 atom stereocenters. The second-order valence-electron chi connectivity index (χ2n) is 3.96. The molecule has 0 amide bonds. The van der Waals surface area contributed by atoms with Crippen LogP contribution >= 0.6 is 11.6 Å². The van der Waals surface area contributed by atoms with Crippen molar-refractivity contribution in [2.24, 2.45) is 5.73 Å². The zero-order valence-electron chi connectivity index (χ0n) is 10.3. The van der Waals surface area contributed by atoms with Crippen molar-refractivity contribution in [3.05, 3.63) is 41.0 Å². The molecule has 0 saturated carbocycles. The van der Waals surface area contributed by atoms with Crippen LogP contribution in [-0.2, 0) is 6.42 Å². The van der Waals surface area contributed by atoms with Crippen LogP contribution in [-0.4, -0.2) is 23.4 Å². The maximum Gasteiger partial charge on any atom is 0.219 e. The van der Waals surface area contributed by atoms with Gasteiger partial charge in [-0.25, -0.2) is 4.68 Å². The molecule has 4 nitrogen and oxygen atoms in total. The third-order valence-electron chi connectivity index (χ3n) is 2.71. The van der Waals surface area contributed by atoms with Crippen LogP contribution in [0.4, 0.5) is 0 Å². The molecule has 96 valence electrons. The Morgan fingerprint density at radius 3 is 2.67 bits per heavy atom. The predicted molar refractivity (Wildman–Crippen MR) is 72.5 cm³/mol. The van der Waals surface area contributed by atoms with Gasteiger partial charge >= 0.3 is 0 Å². The van der Waals surface area contributed by atoms with E-state index in [9.17, 15) is 0 Å². The summed E-state index contributed by atoms with van der Waals surface area (Å²) >= 11 is 5.87. The van der Waals surface area contributed by atoms with Gasteiger partial charge in [0.15, 0.2) is 0 Å². The Morgan fingerprint density at radius 1 is 1.33 bits per heavy atom. The number of nitrogens with two attached hydrogens (primary N) is 1. The Hall–Kier alpha value is -1.52. The number of benzene rings is 1. The fraction of sp³-hybridized carbons (Fsp3) is 0.308. The minimum absolute atomic E-state index is 0.662. The molecular formula is C13H16ClN3O. The van der Waals surface area contributed by atoms with Gasteiger partial charge < -0.3 is 10.5 Å². The van der Waals surface area contributed by atoms with Crippen molar-refractivity contribution in [2.75, 3.05) is 13.7 Å². The molecule has 0 aliphatic carbocycles. The van der Waals surface area contributed by atoms with Crippen LogP contribution in [0.1, 0.15) is 12.0 Å². The maximum absolute atomic E-state index is 5.87. The zero-order chi connectivity index (χ0) is 13.0. The summed E-state index contributed by atoms with van der Waals surface area (Å²) in [4.78, 5) is 0. The molecule has 2 N–H and O–H groups in total. The van der Waals surface area contributed by atoms with Crippen LogP contribution in [0.25, 0.3) is 5.69 Å². The lowest BCUT2D eigenvalue weighted by atomic mass is 10.2. The summed E-state index contributed by atoms with van der Waals surface area (Å²) in [6.45, 7) is 0.662. The van der Waals surface area contributed by atoms with E-state index >= 15 is 0 Å². The average Bonchev–Trinajstić information content (AvgIpc) is 2.80. The summed E-state index contributed by atoms with van der Waals surface area (Å²) in [5, 5.41) is 5.05. The lowest BCUT2D eigenvalue weighted by Gasteiger charge is -2.08.